The van der Waals surface area contributed by atoms with Crippen LogP contribution in [0.1, 0.15) is 29.0 Å². The Morgan fingerprint density at radius 2 is 2.29 bits per heavy atom. The number of rotatable bonds is 2. The van der Waals surface area contributed by atoms with Crippen molar-refractivity contribution < 1.29 is 5.21 Å². The van der Waals surface area contributed by atoms with Crippen molar-refractivity contribution in [3.63, 3.8) is 0 Å². The Morgan fingerprint density at radius 1 is 1.48 bits per heavy atom. The Labute approximate surface area is 132 Å². The molecule has 3 N–H and O–H groups in total. The van der Waals surface area contributed by atoms with E-state index in [1.807, 2.05) is 6.07 Å². The molecule has 1 aliphatic heterocycles. The van der Waals surface area contributed by atoms with Gasteiger partial charge in [-0.2, -0.15) is 0 Å². The minimum Gasteiger partial charge on any atom is -0.409 e. The molecule has 2 heterocycles. The maximum absolute atomic E-state index is 8.98. The van der Waals surface area contributed by atoms with Gasteiger partial charge < -0.3 is 15.8 Å². The summed E-state index contributed by atoms with van der Waals surface area (Å²) in [6.45, 7) is 3.06. The molecule has 2 aromatic rings. The van der Waals surface area contributed by atoms with Crippen LogP contribution in [0.2, 0.25) is 5.02 Å². The van der Waals surface area contributed by atoms with Crippen molar-refractivity contribution in [2.24, 2.45) is 10.9 Å². The molecule has 0 radical (unpaired) electrons. The molecular weight excluding hydrogens is 306 g/mol. The van der Waals surface area contributed by atoms with Crippen molar-refractivity contribution in [2.75, 3.05) is 11.4 Å². The van der Waals surface area contributed by atoms with Crippen LogP contribution >= 0.6 is 22.9 Å². The van der Waals surface area contributed by atoms with Crippen LogP contribution in [0.25, 0.3) is 0 Å². The molecule has 1 unspecified atom stereocenters. The zero-order valence-electron chi connectivity index (χ0n) is 11.6. The van der Waals surface area contributed by atoms with Crippen molar-refractivity contribution in [1.82, 2.24) is 0 Å². The quantitative estimate of drug-likeness (QED) is 0.384. The van der Waals surface area contributed by atoms with Crippen molar-refractivity contribution in [3.05, 3.63) is 50.7 Å². The highest BCUT2D eigenvalue weighted by Gasteiger charge is 2.27. The van der Waals surface area contributed by atoms with Crippen molar-refractivity contribution >= 4 is 34.5 Å². The molecule has 21 heavy (non-hydrogen) atoms. The Balaban J connectivity index is 2.07. The van der Waals surface area contributed by atoms with Crippen molar-refractivity contribution in [3.8, 4) is 0 Å². The monoisotopic (exact) mass is 321 g/mol. The molecule has 4 nitrogen and oxygen atoms in total. The second-order valence-corrected chi connectivity index (χ2v) is 6.50. The van der Waals surface area contributed by atoms with Gasteiger partial charge in [0.1, 0.15) is 0 Å². The smallest absolute Gasteiger partial charge is 0.172 e. The Kier molecular flexibility index (Phi) is 3.78. The number of benzene rings is 1. The van der Waals surface area contributed by atoms with Gasteiger partial charge in [0.2, 0.25) is 0 Å². The van der Waals surface area contributed by atoms with Gasteiger partial charge >= 0.3 is 0 Å². The third-order valence-corrected chi connectivity index (χ3v) is 5.16. The van der Waals surface area contributed by atoms with Crippen molar-refractivity contribution in [2.45, 2.75) is 19.4 Å². The molecule has 0 saturated heterocycles. The third kappa shape index (κ3) is 2.47. The largest absolute Gasteiger partial charge is 0.409 e. The number of hydrogen-bond acceptors (Lipinski definition) is 4. The van der Waals surface area contributed by atoms with Gasteiger partial charge in [-0.1, -0.05) is 16.8 Å². The van der Waals surface area contributed by atoms with E-state index in [2.05, 4.69) is 28.4 Å². The molecule has 3 rings (SSSR count). The summed E-state index contributed by atoms with van der Waals surface area (Å²) in [6.07, 6.45) is 0.999. The zero-order valence-corrected chi connectivity index (χ0v) is 13.2. The van der Waals surface area contributed by atoms with E-state index in [-0.39, 0.29) is 11.9 Å². The van der Waals surface area contributed by atoms with E-state index in [0.717, 1.165) is 18.7 Å². The van der Waals surface area contributed by atoms with Crippen LogP contribution in [0.3, 0.4) is 0 Å². The maximum atomic E-state index is 8.98. The molecule has 110 valence electrons. The first-order valence-electron chi connectivity index (χ1n) is 6.72. The summed E-state index contributed by atoms with van der Waals surface area (Å²) in [5.41, 5.74) is 8.75. The van der Waals surface area contributed by atoms with E-state index in [1.165, 1.54) is 10.4 Å². The lowest BCUT2D eigenvalue weighted by atomic mass is 9.99. The van der Waals surface area contributed by atoms with Gasteiger partial charge in [0.25, 0.3) is 0 Å². The number of halogens is 1. The lowest BCUT2D eigenvalue weighted by Crippen LogP contribution is -2.34. The molecule has 6 heteroatoms. The molecule has 0 saturated carbocycles. The number of hydrogen-bond donors (Lipinski definition) is 2. The highest BCUT2D eigenvalue weighted by Crippen LogP contribution is 2.38. The van der Waals surface area contributed by atoms with Crippen LogP contribution in [-0.4, -0.2) is 17.6 Å². The predicted molar refractivity (Wildman–Crippen MR) is 87.7 cm³/mol. The van der Waals surface area contributed by atoms with E-state index in [4.69, 9.17) is 22.5 Å². The van der Waals surface area contributed by atoms with Gasteiger partial charge in [-0.3, -0.25) is 0 Å². The van der Waals surface area contributed by atoms with Gasteiger partial charge in [0.05, 0.1) is 6.04 Å². The number of thiophene rings is 1. The fourth-order valence-corrected chi connectivity index (χ4v) is 3.98. The minimum atomic E-state index is 0.102. The Morgan fingerprint density at radius 3 is 3.05 bits per heavy atom. The number of anilines is 1. The second-order valence-electron chi connectivity index (χ2n) is 5.07. The fraction of sp³-hybridized carbons (Fsp3) is 0.267. The van der Waals surface area contributed by atoms with Gasteiger partial charge in [0.15, 0.2) is 5.84 Å². The lowest BCUT2D eigenvalue weighted by molar-refractivity contribution is 0.318. The van der Waals surface area contributed by atoms with E-state index in [0.29, 0.717) is 10.6 Å². The molecular formula is C15H16ClN3OS. The SMILES string of the molecule is CC1c2ccsc2CCN1c1cc(Cl)ccc1C(N)=NO. The predicted octanol–water partition coefficient (Wildman–Crippen LogP) is 3.62. The fourth-order valence-electron chi connectivity index (χ4n) is 2.85. The Bertz CT molecular complexity index is 698. The second kappa shape index (κ2) is 5.58. The highest BCUT2D eigenvalue weighted by atomic mass is 35.5. The summed E-state index contributed by atoms with van der Waals surface area (Å²) in [6, 6.07) is 7.84. The topological polar surface area (TPSA) is 61.8 Å². The van der Waals surface area contributed by atoms with Crippen LogP contribution in [0.15, 0.2) is 34.8 Å². The molecule has 0 amide bonds. The Hall–Kier alpha value is -1.72. The minimum absolute atomic E-state index is 0.102. The molecule has 1 aromatic heterocycles. The van der Waals surface area contributed by atoms with Crippen LogP contribution in [0.4, 0.5) is 5.69 Å². The summed E-state index contributed by atoms with van der Waals surface area (Å²) in [7, 11) is 0. The van der Waals surface area contributed by atoms with E-state index < -0.39 is 0 Å². The molecule has 0 aliphatic carbocycles. The van der Waals surface area contributed by atoms with Crippen LogP contribution in [-0.2, 0) is 6.42 Å². The number of nitrogens with zero attached hydrogens (tertiary/aromatic N) is 2. The maximum Gasteiger partial charge on any atom is 0.172 e. The summed E-state index contributed by atoms with van der Waals surface area (Å²) in [5.74, 6) is 0.102. The zero-order chi connectivity index (χ0) is 15.0. The molecule has 0 bridgehead atoms. The van der Waals surface area contributed by atoms with Gasteiger partial charge in [0, 0.05) is 27.7 Å². The van der Waals surface area contributed by atoms with Gasteiger partial charge in [-0.05, 0) is 48.6 Å². The summed E-state index contributed by atoms with van der Waals surface area (Å²) < 4.78 is 0. The molecule has 1 atom stereocenters. The van der Waals surface area contributed by atoms with E-state index in [1.54, 1.807) is 23.5 Å². The first kappa shape index (κ1) is 14.2. The molecule has 0 fully saturated rings. The van der Waals surface area contributed by atoms with Crippen molar-refractivity contribution in [1.29, 1.82) is 0 Å². The summed E-state index contributed by atoms with van der Waals surface area (Å²) in [4.78, 5) is 3.69. The first-order chi connectivity index (χ1) is 10.1. The summed E-state index contributed by atoms with van der Waals surface area (Å²) in [5, 5.41) is 14.9. The first-order valence-corrected chi connectivity index (χ1v) is 7.98. The number of amidine groups is 1. The number of oxime groups is 1. The molecule has 1 aliphatic rings. The van der Waals surface area contributed by atoms with Crippen LogP contribution in [0, 0.1) is 0 Å². The average molecular weight is 322 g/mol. The summed E-state index contributed by atoms with van der Waals surface area (Å²) >= 11 is 7.95. The highest BCUT2D eigenvalue weighted by molar-refractivity contribution is 7.10. The molecule has 0 spiro atoms. The lowest BCUT2D eigenvalue weighted by Gasteiger charge is -2.36. The van der Waals surface area contributed by atoms with Gasteiger partial charge in [-0.25, -0.2) is 0 Å². The normalized spacial score (nSPS) is 18.7. The van der Waals surface area contributed by atoms with Crippen LogP contribution in [0.5, 0.6) is 0 Å². The van der Waals surface area contributed by atoms with E-state index in [9.17, 15) is 0 Å². The number of nitrogens with two attached hydrogens (primary N) is 1. The molecule has 1 aromatic carbocycles. The number of fused-ring (bicyclic) bond motifs is 1. The average Bonchev–Trinajstić information content (AvgIpc) is 2.96. The third-order valence-electron chi connectivity index (χ3n) is 3.93. The van der Waals surface area contributed by atoms with Gasteiger partial charge in [-0.15, -0.1) is 11.3 Å². The van der Waals surface area contributed by atoms with E-state index >= 15 is 0 Å². The van der Waals surface area contributed by atoms with Crippen LogP contribution < -0.4 is 10.6 Å². The standard InChI is InChI=1S/C15H16ClN3OS/c1-9-11-5-7-21-14(11)4-6-19(9)13-8-10(16)2-3-12(13)15(17)18-20/h2-3,5,7-9,20H,4,6H2,1H3,(H2,17,18).